The van der Waals surface area contributed by atoms with Crippen LogP contribution in [0.1, 0.15) is 49.7 Å². The van der Waals surface area contributed by atoms with E-state index in [0.29, 0.717) is 17.9 Å². The van der Waals surface area contributed by atoms with Crippen LogP contribution in [0.5, 0.6) is 0 Å². The Hall–Kier alpha value is -1.36. The first kappa shape index (κ1) is 16.5. The van der Waals surface area contributed by atoms with Crippen LogP contribution in [-0.2, 0) is 27.5 Å². The second-order valence-corrected chi connectivity index (χ2v) is 8.82. The molecule has 2 aliphatic rings. The summed E-state index contributed by atoms with van der Waals surface area (Å²) in [5.74, 6) is 0.638. The Morgan fingerprint density at radius 3 is 2.70 bits per heavy atom. The zero-order chi connectivity index (χ0) is 16.3. The molecule has 4 nitrogen and oxygen atoms in total. The summed E-state index contributed by atoms with van der Waals surface area (Å²) in [7, 11) is -3.08. The first-order chi connectivity index (χ1) is 11.1. The highest BCUT2D eigenvalue weighted by molar-refractivity contribution is 7.91. The third-order valence-corrected chi connectivity index (χ3v) is 6.90. The summed E-state index contributed by atoms with van der Waals surface area (Å²) in [5.41, 5.74) is 2.04. The fourth-order valence-electron chi connectivity index (χ4n) is 3.69. The van der Waals surface area contributed by atoms with Crippen molar-refractivity contribution in [2.75, 3.05) is 12.3 Å². The van der Waals surface area contributed by atoms with Gasteiger partial charge >= 0.3 is 0 Å². The maximum Gasteiger partial charge on any atom is 0.223 e. The Bertz CT molecular complexity index is 676. The van der Waals surface area contributed by atoms with Crippen LogP contribution in [0.3, 0.4) is 0 Å². The second-order valence-electron chi connectivity index (χ2n) is 6.74. The van der Waals surface area contributed by atoms with E-state index in [1.165, 1.54) is 6.42 Å². The number of amides is 1. The molecule has 126 valence electrons. The lowest BCUT2D eigenvalue weighted by atomic mass is 9.88. The van der Waals surface area contributed by atoms with Gasteiger partial charge in [-0.15, -0.1) is 0 Å². The maximum atomic E-state index is 12.1. The Balaban J connectivity index is 1.56. The van der Waals surface area contributed by atoms with Crippen molar-refractivity contribution in [3.8, 4) is 0 Å². The van der Waals surface area contributed by atoms with Crippen LogP contribution in [0.2, 0.25) is 0 Å². The van der Waals surface area contributed by atoms with Gasteiger partial charge in [-0.3, -0.25) is 4.79 Å². The molecule has 1 fully saturated rings. The van der Waals surface area contributed by atoms with Crippen molar-refractivity contribution < 1.29 is 13.2 Å². The van der Waals surface area contributed by atoms with Gasteiger partial charge in [-0.1, -0.05) is 31.4 Å². The zero-order valence-corrected chi connectivity index (χ0v) is 14.3. The van der Waals surface area contributed by atoms with E-state index < -0.39 is 9.84 Å². The van der Waals surface area contributed by atoms with Crippen LogP contribution < -0.4 is 5.32 Å². The summed E-state index contributed by atoms with van der Waals surface area (Å²) in [6.07, 6.45) is 7.90. The summed E-state index contributed by atoms with van der Waals surface area (Å²) < 4.78 is 24.0. The summed E-state index contributed by atoms with van der Waals surface area (Å²) >= 11 is 0. The van der Waals surface area contributed by atoms with Crippen LogP contribution in [0.15, 0.2) is 23.1 Å². The zero-order valence-electron chi connectivity index (χ0n) is 13.5. The number of hydrogen-bond acceptors (Lipinski definition) is 3. The molecule has 0 spiro atoms. The van der Waals surface area contributed by atoms with Crippen LogP contribution in [0, 0.1) is 5.92 Å². The molecule has 1 aromatic rings. The Morgan fingerprint density at radius 2 is 1.91 bits per heavy atom. The molecule has 1 aromatic carbocycles. The van der Waals surface area contributed by atoms with E-state index in [0.717, 1.165) is 49.7 Å². The van der Waals surface area contributed by atoms with E-state index in [9.17, 15) is 13.2 Å². The molecule has 1 aliphatic heterocycles. The molecule has 0 aromatic heterocycles. The highest BCUT2D eigenvalue weighted by Crippen LogP contribution is 2.26. The molecule has 23 heavy (non-hydrogen) atoms. The minimum absolute atomic E-state index is 0.185. The normalized spacial score (nSPS) is 20.7. The van der Waals surface area contributed by atoms with Crippen molar-refractivity contribution in [1.82, 2.24) is 5.32 Å². The SMILES string of the molecule is O=C(NCCc1ccc2c(c1)CCCS2(=O)=O)C1CCCCC1. The van der Waals surface area contributed by atoms with Gasteiger partial charge in [-0.25, -0.2) is 8.42 Å². The first-order valence-electron chi connectivity index (χ1n) is 8.68. The van der Waals surface area contributed by atoms with E-state index in [1.54, 1.807) is 6.07 Å². The van der Waals surface area contributed by atoms with Crippen LogP contribution in [-0.4, -0.2) is 26.6 Å². The molecule has 1 aliphatic carbocycles. The number of aryl methyl sites for hydroxylation is 1. The van der Waals surface area contributed by atoms with Crippen molar-refractivity contribution in [2.24, 2.45) is 5.92 Å². The lowest BCUT2D eigenvalue weighted by Gasteiger charge is -2.21. The summed E-state index contributed by atoms with van der Waals surface area (Å²) in [6.45, 7) is 0.626. The van der Waals surface area contributed by atoms with Crippen LogP contribution in [0.4, 0.5) is 0 Å². The monoisotopic (exact) mass is 335 g/mol. The van der Waals surface area contributed by atoms with Gasteiger partial charge in [0.25, 0.3) is 0 Å². The Morgan fingerprint density at radius 1 is 1.13 bits per heavy atom. The van der Waals surface area contributed by atoms with E-state index in [-0.39, 0.29) is 17.6 Å². The standard InChI is InChI=1S/C18H25NO3S/c20-18(15-5-2-1-3-6-15)19-11-10-14-8-9-17-16(13-14)7-4-12-23(17,21)22/h8-9,13,15H,1-7,10-12H2,(H,19,20). The smallest absolute Gasteiger partial charge is 0.223 e. The van der Waals surface area contributed by atoms with Gasteiger partial charge < -0.3 is 5.32 Å². The molecular weight excluding hydrogens is 310 g/mol. The average Bonchev–Trinajstić information content (AvgIpc) is 2.55. The molecular formula is C18H25NO3S. The predicted octanol–water partition coefficient (Wildman–Crippen LogP) is 2.65. The lowest BCUT2D eigenvalue weighted by molar-refractivity contribution is -0.125. The third-order valence-electron chi connectivity index (χ3n) is 5.01. The molecule has 1 N–H and O–H groups in total. The number of rotatable bonds is 4. The molecule has 0 bridgehead atoms. The van der Waals surface area contributed by atoms with Crippen molar-refractivity contribution in [3.05, 3.63) is 29.3 Å². The van der Waals surface area contributed by atoms with Gasteiger partial charge in [0.15, 0.2) is 9.84 Å². The number of benzene rings is 1. The molecule has 0 unspecified atom stereocenters. The molecule has 3 rings (SSSR count). The topological polar surface area (TPSA) is 63.2 Å². The molecule has 0 atom stereocenters. The highest BCUT2D eigenvalue weighted by Gasteiger charge is 2.23. The van der Waals surface area contributed by atoms with Gasteiger partial charge in [0.1, 0.15) is 0 Å². The minimum Gasteiger partial charge on any atom is -0.356 e. The van der Waals surface area contributed by atoms with Crippen LogP contribution >= 0.6 is 0 Å². The van der Waals surface area contributed by atoms with Gasteiger partial charge in [0, 0.05) is 12.5 Å². The van der Waals surface area contributed by atoms with Gasteiger partial charge in [0.2, 0.25) is 5.91 Å². The summed E-state index contributed by atoms with van der Waals surface area (Å²) in [6, 6.07) is 5.62. The molecule has 0 radical (unpaired) electrons. The van der Waals surface area contributed by atoms with E-state index >= 15 is 0 Å². The number of hydrogen-bond donors (Lipinski definition) is 1. The van der Waals surface area contributed by atoms with Crippen molar-refractivity contribution in [3.63, 3.8) is 0 Å². The van der Waals surface area contributed by atoms with E-state index in [4.69, 9.17) is 0 Å². The maximum absolute atomic E-state index is 12.1. The molecule has 5 heteroatoms. The van der Waals surface area contributed by atoms with Crippen molar-refractivity contribution >= 4 is 15.7 Å². The lowest BCUT2D eigenvalue weighted by Crippen LogP contribution is -2.33. The number of carbonyl (C=O) groups excluding carboxylic acids is 1. The first-order valence-corrected chi connectivity index (χ1v) is 10.3. The quantitative estimate of drug-likeness (QED) is 0.920. The summed E-state index contributed by atoms with van der Waals surface area (Å²) in [5, 5.41) is 3.04. The number of carbonyl (C=O) groups is 1. The number of nitrogens with one attached hydrogen (secondary N) is 1. The van der Waals surface area contributed by atoms with Crippen LogP contribution in [0.25, 0.3) is 0 Å². The van der Waals surface area contributed by atoms with Gasteiger partial charge in [-0.2, -0.15) is 0 Å². The largest absolute Gasteiger partial charge is 0.356 e. The van der Waals surface area contributed by atoms with Crippen molar-refractivity contribution in [2.45, 2.75) is 56.3 Å². The molecule has 1 saturated carbocycles. The second kappa shape index (κ2) is 7.04. The Kier molecular flexibility index (Phi) is 5.05. The fourth-order valence-corrected chi connectivity index (χ4v) is 5.27. The number of sulfone groups is 1. The minimum atomic E-state index is -3.08. The van der Waals surface area contributed by atoms with E-state index in [2.05, 4.69) is 5.32 Å². The highest BCUT2D eigenvalue weighted by atomic mass is 32.2. The molecule has 1 heterocycles. The molecule has 0 saturated heterocycles. The summed E-state index contributed by atoms with van der Waals surface area (Å²) in [4.78, 5) is 12.6. The Labute approximate surface area is 138 Å². The van der Waals surface area contributed by atoms with Crippen molar-refractivity contribution in [1.29, 1.82) is 0 Å². The van der Waals surface area contributed by atoms with Gasteiger partial charge in [0.05, 0.1) is 10.6 Å². The number of fused-ring (bicyclic) bond motifs is 1. The van der Waals surface area contributed by atoms with Gasteiger partial charge in [-0.05, 0) is 49.3 Å². The predicted molar refractivity (Wildman–Crippen MR) is 90.1 cm³/mol. The fraction of sp³-hybridized carbons (Fsp3) is 0.611. The van der Waals surface area contributed by atoms with E-state index in [1.807, 2.05) is 12.1 Å². The average molecular weight is 335 g/mol. The third kappa shape index (κ3) is 3.94. The molecule has 1 amide bonds.